The third kappa shape index (κ3) is 6.28. The number of rotatable bonds is 7. The lowest BCUT2D eigenvalue weighted by atomic mass is 10.1. The summed E-state index contributed by atoms with van der Waals surface area (Å²) in [6, 6.07) is 11.5. The molecule has 0 aliphatic carbocycles. The first kappa shape index (κ1) is 21.2. The van der Waals surface area contributed by atoms with Crippen LogP contribution < -0.4 is 15.4 Å². The van der Waals surface area contributed by atoms with Gasteiger partial charge in [-0.3, -0.25) is 14.4 Å². The Bertz CT molecular complexity index is 867. The van der Waals surface area contributed by atoms with Crippen LogP contribution in [0.3, 0.4) is 0 Å². The van der Waals surface area contributed by atoms with Gasteiger partial charge in [0, 0.05) is 28.9 Å². The Kier molecular flexibility index (Phi) is 7.40. The smallest absolute Gasteiger partial charge is 0.311 e. The van der Waals surface area contributed by atoms with Crippen molar-refractivity contribution in [3.05, 3.63) is 53.1 Å². The van der Waals surface area contributed by atoms with Crippen molar-refractivity contribution in [2.75, 3.05) is 17.7 Å². The molecule has 0 heterocycles. The van der Waals surface area contributed by atoms with E-state index in [1.54, 1.807) is 42.5 Å². The van der Waals surface area contributed by atoms with E-state index in [0.717, 1.165) is 0 Å². The summed E-state index contributed by atoms with van der Waals surface area (Å²) in [5.74, 6) is -0.728. The third-order valence-electron chi connectivity index (χ3n) is 3.73. The van der Waals surface area contributed by atoms with Crippen LogP contribution in [0, 0.1) is 0 Å². The molecule has 148 valence electrons. The normalized spacial score (nSPS) is 11.3. The van der Waals surface area contributed by atoms with Gasteiger partial charge in [-0.05, 0) is 49.4 Å². The Morgan fingerprint density at radius 1 is 1.04 bits per heavy atom. The van der Waals surface area contributed by atoms with Crippen LogP contribution in [0.4, 0.5) is 11.4 Å². The second kappa shape index (κ2) is 9.75. The van der Waals surface area contributed by atoms with Gasteiger partial charge in [-0.15, -0.1) is 0 Å². The molecule has 0 fully saturated rings. The maximum absolute atomic E-state index is 12.2. The lowest BCUT2D eigenvalue weighted by molar-refractivity contribution is -0.152. The fraction of sp³-hybridized carbons (Fsp3) is 0.250. The molecule has 2 rings (SSSR count). The molecule has 0 aliphatic heterocycles. The Hall–Kier alpha value is -3.06. The summed E-state index contributed by atoms with van der Waals surface area (Å²) in [6.07, 6.45) is -1.07. The number of hydrogen-bond acceptors (Lipinski definition) is 5. The van der Waals surface area contributed by atoms with Gasteiger partial charge in [0.25, 0.3) is 5.91 Å². The Morgan fingerprint density at radius 3 is 2.21 bits per heavy atom. The Labute approximate surface area is 168 Å². The highest BCUT2D eigenvalue weighted by molar-refractivity contribution is 6.30. The van der Waals surface area contributed by atoms with Gasteiger partial charge in [-0.2, -0.15) is 0 Å². The van der Waals surface area contributed by atoms with E-state index >= 15 is 0 Å². The fourth-order valence-electron chi connectivity index (χ4n) is 2.42. The Balaban J connectivity index is 1.92. The summed E-state index contributed by atoms with van der Waals surface area (Å²) in [5.41, 5.74) is 1.69. The number of carbonyl (C=O) groups is 3. The van der Waals surface area contributed by atoms with Gasteiger partial charge < -0.3 is 20.1 Å². The van der Waals surface area contributed by atoms with E-state index in [2.05, 4.69) is 10.6 Å². The number of benzene rings is 2. The highest BCUT2D eigenvalue weighted by Crippen LogP contribution is 2.23. The standard InChI is InChI=1S/C20H21ClN2O5/c1-12(20(26)23-17-7-5-16(6-8-17)22-13(2)24)28-19(25)11-14-10-15(21)4-9-18(14)27-3/h4-10,12H,11H2,1-3H3,(H,22,24)(H,23,26)/t12-/m1/s1. The molecule has 0 radical (unpaired) electrons. The van der Waals surface area contributed by atoms with E-state index in [0.29, 0.717) is 27.7 Å². The average molecular weight is 405 g/mol. The van der Waals surface area contributed by atoms with Crippen molar-refractivity contribution in [3.8, 4) is 5.75 Å². The maximum Gasteiger partial charge on any atom is 0.311 e. The van der Waals surface area contributed by atoms with Gasteiger partial charge in [-0.25, -0.2) is 0 Å². The predicted octanol–water partition coefficient (Wildman–Crippen LogP) is 3.42. The molecule has 0 aromatic heterocycles. The second-order valence-corrected chi connectivity index (χ2v) is 6.45. The van der Waals surface area contributed by atoms with Crippen molar-refractivity contribution in [1.29, 1.82) is 0 Å². The molecule has 2 N–H and O–H groups in total. The van der Waals surface area contributed by atoms with Crippen LogP contribution >= 0.6 is 11.6 Å². The zero-order valence-electron chi connectivity index (χ0n) is 15.7. The van der Waals surface area contributed by atoms with Crippen LogP contribution in [0.5, 0.6) is 5.75 Å². The van der Waals surface area contributed by atoms with Crippen molar-refractivity contribution in [2.45, 2.75) is 26.4 Å². The topological polar surface area (TPSA) is 93.7 Å². The van der Waals surface area contributed by atoms with Crippen LogP contribution in [-0.2, 0) is 25.5 Å². The van der Waals surface area contributed by atoms with Crippen molar-refractivity contribution in [3.63, 3.8) is 0 Å². The third-order valence-corrected chi connectivity index (χ3v) is 3.96. The molecule has 8 heteroatoms. The number of ether oxygens (including phenoxy) is 2. The van der Waals surface area contributed by atoms with Gasteiger partial charge in [0.05, 0.1) is 13.5 Å². The summed E-state index contributed by atoms with van der Waals surface area (Å²) in [7, 11) is 1.49. The zero-order valence-corrected chi connectivity index (χ0v) is 16.5. The highest BCUT2D eigenvalue weighted by atomic mass is 35.5. The number of nitrogens with one attached hydrogen (secondary N) is 2. The number of carbonyl (C=O) groups excluding carboxylic acids is 3. The molecule has 0 aliphatic rings. The number of halogens is 1. The molecule has 0 bridgehead atoms. The molecule has 0 saturated carbocycles. The SMILES string of the molecule is COc1ccc(Cl)cc1CC(=O)O[C@H](C)C(=O)Nc1ccc(NC(C)=O)cc1. The number of anilines is 2. The Morgan fingerprint density at radius 2 is 1.64 bits per heavy atom. The van der Waals surface area contributed by atoms with E-state index in [1.165, 1.54) is 21.0 Å². The van der Waals surface area contributed by atoms with Crippen LogP contribution in [0.2, 0.25) is 5.02 Å². The van der Waals surface area contributed by atoms with Crippen molar-refractivity contribution in [1.82, 2.24) is 0 Å². The molecule has 2 aromatic carbocycles. The molecular formula is C20H21ClN2O5. The highest BCUT2D eigenvalue weighted by Gasteiger charge is 2.19. The molecule has 0 unspecified atom stereocenters. The fourth-order valence-corrected chi connectivity index (χ4v) is 2.61. The molecular weight excluding hydrogens is 384 g/mol. The summed E-state index contributed by atoms with van der Waals surface area (Å²) in [4.78, 5) is 35.4. The van der Waals surface area contributed by atoms with Crippen LogP contribution in [0.1, 0.15) is 19.4 Å². The summed E-state index contributed by atoms with van der Waals surface area (Å²) >= 11 is 5.95. The number of amides is 2. The number of hydrogen-bond donors (Lipinski definition) is 2. The van der Waals surface area contributed by atoms with Crippen molar-refractivity contribution in [2.24, 2.45) is 0 Å². The summed E-state index contributed by atoms with van der Waals surface area (Å²) in [5, 5.41) is 5.75. The first-order valence-electron chi connectivity index (χ1n) is 8.49. The van der Waals surface area contributed by atoms with Crippen LogP contribution in [0.25, 0.3) is 0 Å². The molecule has 1 atom stereocenters. The van der Waals surface area contributed by atoms with E-state index in [4.69, 9.17) is 21.1 Å². The molecule has 2 aromatic rings. The minimum atomic E-state index is -0.993. The van der Waals surface area contributed by atoms with Gasteiger partial charge in [0.1, 0.15) is 5.75 Å². The van der Waals surface area contributed by atoms with Gasteiger partial charge in [0.2, 0.25) is 5.91 Å². The largest absolute Gasteiger partial charge is 0.496 e. The molecule has 0 saturated heterocycles. The quantitative estimate of drug-likeness (QED) is 0.689. The zero-order chi connectivity index (χ0) is 20.7. The second-order valence-electron chi connectivity index (χ2n) is 6.01. The van der Waals surface area contributed by atoms with Gasteiger partial charge in [0.15, 0.2) is 6.10 Å². The first-order valence-corrected chi connectivity index (χ1v) is 8.86. The summed E-state index contributed by atoms with van der Waals surface area (Å²) in [6.45, 7) is 2.89. The first-order chi connectivity index (χ1) is 13.3. The van der Waals surface area contributed by atoms with E-state index in [-0.39, 0.29) is 12.3 Å². The van der Waals surface area contributed by atoms with Gasteiger partial charge in [-0.1, -0.05) is 11.6 Å². The average Bonchev–Trinajstić information content (AvgIpc) is 2.63. The van der Waals surface area contributed by atoms with Crippen LogP contribution in [0.15, 0.2) is 42.5 Å². The molecule has 7 nitrogen and oxygen atoms in total. The van der Waals surface area contributed by atoms with Crippen molar-refractivity contribution < 1.29 is 23.9 Å². The molecule has 28 heavy (non-hydrogen) atoms. The molecule has 2 amide bonds. The predicted molar refractivity (Wildman–Crippen MR) is 107 cm³/mol. The summed E-state index contributed by atoms with van der Waals surface area (Å²) < 4.78 is 10.4. The van der Waals surface area contributed by atoms with E-state index in [1.807, 2.05) is 0 Å². The monoisotopic (exact) mass is 404 g/mol. The lowest BCUT2D eigenvalue weighted by Crippen LogP contribution is -2.30. The van der Waals surface area contributed by atoms with E-state index < -0.39 is 18.0 Å². The molecule has 0 spiro atoms. The number of esters is 1. The van der Waals surface area contributed by atoms with Crippen LogP contribution in [-0.4, -0.2) is 31.0 Å². The van der Waals surface area contributed by atoms with Crippen molar-refractivity contribution >= 4 is 40.8 Å². The maximum atomic E-state index is 12.2. The minimum Gasteiger partial charge on any atom is -0.496 e. The number of methoxy groups -OCH3 is 1. The minimum absolute atomic E-state index is 0.0766. The lowest BCUT2D eigenvalue weighted by Gasteiger charge is -2.15. The van der Waals surface area contributed by atoms with Gasteiger partial charge >= 0.3 is 5.97 Å². The van der Waals surface area contributed by atoms with E-state index in [9.17, 15) is 14.4 Å².